The topological polar surface area (TPSA) is 90.4 Å². The maximum atomic E-state index is 13.6. The molecule has 3 aliphatic rings. The number of rotatable bonds is 8. The lowest BCUT2D eigenvalue weighted by molar-refractivity contribution is -0.140. The van der Waals surface area contributed by atoms with Crippen LogP contribution in [0.5, 0.6) is 5.75 Å². The smallest absolute Gasteiger partial charge is 0.263 e. The van der Waals surface area contributed by atoms with Crippen molar-refractivity contribution in [2.45, 2.75) is 61.3 Å². The van der Waals surface area contributed by atoms with Crippen LogP contribution in [0.4, 0.5) is 0 Å². The molecule has 1 saturated carbocycles. The van der Waals surface area contributed by atoms with Gasteiger partial charge in [0.2, 0.25) is 10.0 Å². The minimum atomic E-state index is -3.53. The van der Waals surface area contributed by atoms with E-state index in [1.807, 2.05) is 37.4 Å². The Morgan fingerprint density at radius 2 is 1.86 bits per heavy atom. The standard InChI is InChI=1S/C27H35N3O5S/c1-28(24(19-6-4-3-5-7-19)18-30-15-14-22(31)17-30)27(32)26-12-8-20-16-23(11-13-25(20)35-26)36(33,34)29(2)21-9-10-21/h3-7,11,13,16,21-22,24,26,31H,8-10,12,14-15,17-18H2,1-2H3/t22-,24+,26+/m0/s1. The van der Waals surface area contributed by atoms with Crippen LogP contribution < -0.4 is 4.74 Å². The Kier molecular flexibility index (Phi) is 7.09. The molecule has 0 bridgehead atoms. The Morgan fingerprint density at radius 1 is 1.11 bits per heavy atom. The lowest BCUT2D eigenvalue weighted by Crippen LogP contribution is -2.46. The first-order valence-electron chi connectivity index (χ1n) is 12.7. The van der Waals surface area contributed by atoms with E-state index in [1.54, 1.807) is 30.1 Å². The highest BCUT2D eigenvalue weighted by atomic mass is 32.2. The largest absolute Gasteiger partial charge is 0.480 e. The number of nitrogens with zero attached hydrogens (tertiary/aromatic N) is 3. The first-order chi connectivity index (χ1) is 17.2. The van der Waals surface area contributed by atoms with Gasteiger partial charge in [0.25, 0.3) is 5.91 Å². The van der Waals surface area contributed by atoms with Crippen molar-refractivity contribution >= 4 is 15.9 Å². The summed E-state index contributed by atoms with van der Waals surface area (Å²) in [4.78, 5) is 17.8. The third-order valence-corrected chi connectivity index (χ3v) is 9.57. The zero-order chi connectivity index (χ0) is 25.4. The van der Waals surface area contributed by atoms with Crippen molar-refractivity contribution in [1.82, 2.24) is 14.1 Å². The summed E-state index contributed by atoms with van der Waals surface area (Å²) in [6, 6.07) is 14.8. The van der Waals surface area contributed by atoms with Crippen LogP contribution in [0.25, 0.3) is 0 Å². The average Bonchev–Trinajstić information content (AvgIpc) is 3.66. The van der Waals surface area contributed by atoms with E-state index in [1.165, 1.54) is 4.31 Å². The van der Waals surface area contributed by atoms with E-state index >= 15 is 0 Å². The maximum absolute atomic E-state index is 13.6. The van der Waals surface area contributed by atoms with Crippen LogP contribution in [0, 0.1) is 0 Å². The molecule has 1 aliphatic carbocycles. The lowest BCUT2D eigenvalue weighted by Gasteiger charge is -2.35. The first-order valence-corrected chi connectivity index (χ1v) is 14.2. The zero-order valence-corrected chi connectivity index (χ0v) is 21.7. The zero-order valence-electron chi connectivity index (χ0n) is 20.9. The van der Waals surface area contributed by atoms with Gasteiger partial charge in [0.15, 0.2) is 6.10 Å². The molecule has 2 heterocycles. The number of carbonyl (C=O) groups excluding carboxylic acids is 1. The van der Waals surface area contributed by atoms with Crippen LogP contribution in [-0.2, 0) is 21.2 Å². The predicted molar refractivity (Wildman–Crippen MR) is 136 cm³/mol. The van der Waals surface area contributed by atoms with E-state index in [4.69, 9.17) is 4.74 Å². The molecule has 36 heavy (non-hydrogen) atoms. The SMILES string of the molecule is CN(C(=O)[C@H]1CCc2cc(S(=O)(=O)N(C)C3CC3)ccc2O1)[C@H](CN1CC[C@H](O)C1)c1ccccc1. The molecule has 0 unspecified atom stereocenters. The molecule has 5 rings (SSSR count). The molecule has 0 aromatic heterocycles. The molecule has 1 N–H and O–H groups in total. The molecular formula is C27H35N3O5S. The van der Waals surface area contributed by atoms with Gasteiger partial charge in [-0.15, -0.1) is 0 Å². The number of benzene rings is 2. The van der Waals surface area contributed by atoms with Crippen molar-refractivity contribution in [3.63, 3.8) is 0 Å². The number of hydrogen-bond donors (Lipinski definition) is 1. The Labute approximate surface area is 213 Å². The number of carbonyl (C=O) groups is 1. The lowest BCUT2D eigenvalue weighted by atomic mass is 10.00. The van der Waals surface area contributed by atoms with Gasteiger partial charge in [0.1, 0.15) is 5.75 Å². The van der Waals surface area contributed by atoms with Gasteiger partial charge in [-0.25, -0.2) is 8.42 Å². The Hall–Kier alpha value is -2.46. The highest BCUT2D eigenvalue weighted by molar-refractivity contribution is 7.89. The predicted octanol–water partition coefficient (Wildman–Crippen LogP) is 2.43. The van der Waals surface area contributed by atoms with Crippen LogP contribution in [0.1, 0.15) is 42.9 Å². The number of aliphatic hydroxyl groups is 1. The maximum Gasteiger partial charge on any atom is 0.263 e. The molecular weight excluding hydrogens is 478 g/mol. The van der Waals surface area contributed by atoms with Gasteiger partial charge in [-0.1, -0.05) is 30.3 Å². The number of hydrogen-bond acceptors (Lipinski definition) is 6. The Bertz CT molecular complexity index is 1200. The van der Waals surface area contributed by atoms with Crippen molar-refractivity contribution in [1.29, 1.82) is 0 Å². The number of aliphatic hydroxyl groups excluding tert-OH is 1. The van der Waals surface area contributed by atoms with Crippen molar-refractivity contribution in [2.75, 3.05) is 33.7 Å². The van der Waals surface area contributed by atoms with Gasteiger partial charge >= 0.3 is 0 Å². The quantitative estimate of drug-likeness (QED) is 0.583. The van der Waals surface area contributed by atoms with Crippen molar-refractivity contribution < 1.29 is 23.1 Å². The van der Waals surface area contributed by atoms with E-state index in [0.717, 1.165) is 36.9 Å². The molecule has 2 aliphatic heterocycles. The number of β-amino-alcohol motifs (C(OH)–C–C–N with tert-alkyl or cyclic N) is 1. The summed E-state index contributed by atoms with van der Waals surface area (Å²) in [6.07, 6.45) is 2.67. The van der Waals surface area contributed by atoms with Crippen LogP contribution in [0.3, 0.4) is 0 Å². The third kappa shape index (κ3) is 5.16. The highest BCUT2D eigenvalue weighted by Gasteiger charge is 2.37. The van der Waals surface area contributed by atoms with Gasteiger partial charge in [-0.2, -0.15) is 4.31 Å². The van der Waals surface area contributed by atoms with Gasteiger partial charge in [0.05, 0.1) is 17.0 Å². The summed E-state index contributed by atoms with van der Waals surface area (Å²) < 4.78 is 33.5. The van der Waals surface area contributed by atoms with Crippen LogP contribution in [-0.4, -0.2) is 85.5 Å². The molecule has 3 atom stereocenters. The third-order valence-electron chi connectivity index (χ3n) is 7.67. The number of ether oxygens (including phenoxy) is 1. The summed E-state index contributed by atoms with van der Waals surface area (Å²) in [6.45, 7) is 2.06. The number of aryl methyl sites for hydroxylation is 1. The molecule has 1 amide bonds. The van der Waals surface area contributed by atoms with Gasteiger partial charge in [-0.05, 0) is 61.4 Å². The fourth-order valence-electron chi connectivity index (χ4n) is 5.23. The molecule has 0 spiro atoms. The van der Waals surface area contributed by atoms with E-state index in [0.29, 0.717) is 31.7 Å². The molecule has 2 aromatic rings. The van der Waals surface area contributed by atoms with Crippen molar-refractivity contribution in [3.05, 3.63) is 59.7 Å². The van der Waals surface area contributed by atoms with Gasteiger partial charge < -0.3 is 14.7 Å². The first kappa shape index (κ1) is 25.2. The second kappa shape index (κ2) is 10.1. The fraction of sp³-hybridized carbons (Fsp3) is 0.519. The normalized spacial score (nSPS) is 23.2. The molecule has 0 radical (unpaired) electrons. The number of likely N-dealkylation sites (tertiary alicyclic amines) is 1. The molecule has 1 saturated heterocycles. The second-order valence-corrected chi connectivity index (χ2v) is 12.2. The molecule has 8 nitrogen and oxygen atoms in total. The average molecular weight is 514 g/mol. The fourth-order valence-corrected chi connectivity index (χ4v) is 6.70. The van der Waals surface area contributed by atoms with Crippen molar-refractivity contribution in [2.24, 2.45) is 0 Å². The van der Waals surface area contributed by atoms with Crippen LogP contribution in [0.2, 0.25) is 0 Å². The second-order valence-electron chi connectivity index (χ2n) is 10.2. The molecule has 194 valence electrons. The number of amides is 1. The summed E-state index contributed by atoms with van der Waals surface area (Å²) >= 11 is 0. The minimum Gasteiger partial charge on any atom is -0.480 e. The summed E-state index contributed by atoms with van der Waals surface area (Å²) in [5.74, 6) is 0.472. The van der Waals surface area contributed by atoms with E-state index in [2.05, 4.69) is 4.90 Å². The van der Waals surface area contributed by atoms with E-state index in [9.17, 15) is 18.3 Å². The number of likely N-dealkylation sites (N-methyl/N-ethyl adjacent to an activating group) is 1. The Morgan fingerprint density at radius 3 is 2.53 bits per heavy atom. The van der Waals surface area contributed by atoms with E-state index in [-0.39, 0.29) is 29.0 Å². The van der Waals surface area contributed by atoms with Crippen molar-refractivity contribution in [3.8, 4) is 5.75 Å². The van der Waals surface area contributed by atoms with Gasteiger partial charge in [0, 0.05) is 39.8 Å². The van der Waals surface area contributed by atoms with E-state index < -0.39 is 16.1 Å². The minimum absolute atomic E-state index is 0.0978. The summed E-state index contributed by atoms with van der Waals surface area (Å²) in [7, 11) is -0.0771. The highest BCUT2D eigenvalue weighted by Crippen LogP contribution is 2.35. The summed E-state index contributed by atoms with van der Waals surface area (Å²) in [5, 5.41) is 9.98. The molecule has 9 heteroatoms. The monoisotopic (exact) mass is 513 g/mol. The summed E-state index contributed by atoms with van der Waals surface area (Å²) in [5.41, 5.74) is 1.86. The molecule has 2 fully saturated rings. The van der Waals surface area contributed by atoms with Gasteiger partial charge in [-0.3, -0.25) is 9.69 Å². The molecule has 2 aromatic carbocycles. The number of sulfonamides is 1. The van der Waals surface area contributed by atoms with Crippen LogP contribution in [0.15, 0.2) is 53.4 Å². The number of fused-ring (bicyclic) bond motifs is 1. The Balaban J connectivity index is 1.31. The van der Waals surface area contributed by atoms with Crippen LogP contribution >= 0.6 is 0 Å².